The van der Waals surface area contributed by atoms with E-state index in [0.717, 1.165) is 11.1 Å². The van der Waals surface area contributed by atoms with E-state index in [9.17, 15) is 18.4 Å². The highest BCUT2D eigenvalue weighted by atomic mass is 19.1. The van der Waals surface area contributed by atoms with Crippen molar-refractivity contribution in [2.45, 2.75) is 32.9 Å². The van der Waals surface area contributed by atoms with E-state index in [2.05, 4.69) is 10.6 Å². The van der Waals surface area contributed by atoms with Crippen LogP contribution in [0.5, 0.6) is 0 Å². The standard InChI is InChI=1S/C23H27F2N3O2/c1-16-2-3-18(12-21(16)25)14-27-23(30)19-8-10-28(11-9-19)15-22(29)26-13-17-4-6-20(24)7-5-17/h2-7,12,19H,8-11,13-15H2,1H3,(H,26,29)(H,27,30). The molecule has 1 heterocycles. The van der Waals surface area contributed by atoms with Gasteiger partial charge < -0.3 is 10.6 Å². The lowest BCUT2D eigenvalue weighted by Crippen LogP contribution is -2.44. The van der Waals surface area contributed by atoms with Gasteiger partial charge in [0, 0.05) is 19.0 Å². The summed E-state index contributed by atoms with van der Waals surface area (Å²) in [5.74, 6) is -0.797. The molecule has 0 bridgehead atoms. The Balaban J connectivity index is 1.36. The molecule has 5 nitrogen and oxygen atoms in total. The first kappa shape index (κ1) is 21.9. The maximum atomic E-state index is 13.6. The summed E-state index contributed by atoms with van der Waals surface area (Å²) in [5, 5.41) is 5.72. The van der Waals surface area contributed by atoms with Crippen molar-refractivity contribution in [3.05, 3.63) is 70.8 Å². The molecule has 2 N–H and O–H groups in total. The average Bonchev–Trinajstić information content (AvgIpc) is 2.74. The van der Waals surface area contributed by atoms with E-state index in [1.807, 2.05) is 11.0 Å². The van der Waals surface area contributed by atoms with Crippen LogP contribution in [0.4, 0.5) is 8.78 Å². The van der Waals surface area contributed by atoms with E-state index < -0.39 is 0 Å². The molecule has 0 aliphatic carbocycles. The van der Waals surface area contributed by atoms with Gasteiger partial charge in [-0.2, -0.15) is 0 Å². The number of nitrogens with one attached hydrogen (secondary N) is 2. The van der Waals surface area contributed by atoms with Crippen LogP contribution in [0.1, 0.15) is 29.5 Å². The molecule has 160 valence electrons. The Labute approximate surface area is 175 Å². The summed E-state index contributed by atoms with van der Waals surface area (Å²) in [4.78, 5) is 26.6. The third-order valence-corrected chi connectivity index (χ3v) is 5.43. The van der Waals surface area contributed by atoms with Crippen molar-refractivity contribution in [3.63, 3.8) is 0 Å². The Bertz CT molecular complexity index is 879. The van der Waals surface area contributed by atoms with Crippen molar-refractivity contribution in [1.82, 2.24) is 15.5 Å². The second-order valence-corrected chi connectivity index (χ2v) is 7.75. The predicted octanol–water partition coefficient (Wildman–Crippen LogP) is 2.92. The minimum Gasteiger partial charge on any atom is -0.352 e. The Kier molecular flexibility index (Phi) is 7.52. The SMILES string of the molecule is Cc1ccc(CNC(=O)C2CCN(CC(=O)NCc3ccc(F)cc3)CC2)cc1F. The van der Waals surface area contributed by atoms with E-state index in [-0.39, 0.29) is 35.9 Å². The number of aryl methyl sites for hydroxylation is 1. The molecule has 30 heavy (non-hydrogen) atoms. The first-order chi connectivity index (χ1) is 14.4. The topological polar surface area (TPSA) is 61.4 Å². The fourth-order valence-electron chi connectivity index (χ4n) is 3.49. The van der Waals surface area contributed by atoms with Gasteiger partial charge in [0.15, 0.2) is 0 Å². The second kappa shape index (κ2) is 10.3. The average molecular weight is 415 g/mol. The summed E-state index contributed by atoms with van der Waals surface area (Å²) in [6.07, 6.45) is 1.36. The van der Waals surface area contributed by atoms with Crippen LogP contribution < -0.4 is 10.6 Å². The van der Waals surface area contributed by atoms with Crippen LogP contribution >= 0.6 is 0 Å². The summed E-state index contributed by atoms with van der Waals surface area (Å²) in [7, 11) is 0. The van der Waals surface area contributed by atoms with Crippen molar-refractivity contribution in [2.75, 3.05) is 19.6 Å². The van der Waals surface area contributed by atoms with E-state index in [1.54, 1.807) is 25.1 Å². The van der Waals surface area contributed by atoms with E-state index in [4.69, 9.17) is 0 Å². The molecule has 1 fully saturated rings. The number of hydrogen-bond acceptors (Lipinski definition) is 3. The Morgan fingerprint density at radius 3 is 2.27 bits per heavy atom. The summed E-state index contributed by atoms with van der Waals surface area (Å²) >= 11 is 0. The molecule has 0 atom stereocenters. The lowest BCUT2D eigenvalue weighted by molar-refractivity contribution is -0.127. The summed E-state index contributed by atoms with van der Waals surface area (Å²) in [5.41, 5.74) is 2.16. The molecule has 3 rings (SSSR count). The zero-order chi connectivity index (χ0) is 21.5. The highest BCUT2D eigenvalue weighted by Gasteiger charge is 2.25. The maximum absolute atomic E-state index is 13.6. The summed E-state index contributed by atoms with van der Waals surface area (Å²) in [6.45, 7) is 3.98. The van der Waals surface area contributed by atoms with Crippen LogP contribution in [0.15, 0.2) is 42.5 Å². The van der Waals surface area contributed by atoms with Crippen LogP contribution in [-0.4, -0.2) is 36.3 Å². The molecule has 7 heteroatoms. The molecule has 2 amide bonds. The molecule has 0 unspecified atom stereocenters. The molecule has 2 aromatic rings. The summed E-state index contributed by atoms with van der Waals surface area (Å²) in [6, 6.07) is 11.0. The number of rotatable bonds is 7. The lowest BCUT2D eigenvalue weighted by Gasteiger charge is -2.30. The number of hydrogen-bond donors (Lipinski definition) is 2. The fraction of sp³-hybridized carbons (Fsp3) is 0.391. The zero-order valence-corrected chi connectivity index (χ0v) is 17.1. The first-order valence-electron chi connectivity index (χ1n) is 10.2. The predicted molar refractivity (Wildman–Crippen MR) is 110 cm³/mol. The van der Waals surface area contributed by atoms with Gasteiger partial charge in [-0.1, -0.05) is 24.3 Å². The van der Waals surface area contributed by atoms with Gasteiger partial charge in [-0.05, 0) is 67.7 Å². The Morgan fingerprint density at radius 2 is 1.60 bits per heavy atom. The van der Waals surface area contributed by atoms with Gasteiger partial charge in [0.05, 0.1) is 6.54 Å². The third kappa shape index (κ3) is 6.35. The van der Waals surface area contributed by atoms with Gasteiger partial charge in [-0.25, -0.2) is 8.78 Å². The van der Waals surface area contributed by atoms with E-state index in [0.29, 0.717) is 44.6 Å². The molecule has 1 saturated heterocycles. The number of amides is 2. The number of nitrogens with zero attached hydrogens (tertiary/aromatic N) is 1. The minimum absolute atomic E-state index is 0.0311. The first-order valence-corrected chi connectivity index (χ1v) is 10.2. The van der Waals surface area contributed by atoms with Crippen molar-refractivity contribution in [3.8, 4) is 0 Å². The van der Waals surface area contributed by atoms with Crippen LogP contribution in [0.2, 0.25) is 0 Å². The number of benzene rings is 2. The highest BCUT2D eigenvalue weighted by molar-refractivity contribution is 5.79. The van der Waals surface area contributed by atoms with Crippen molar-refractivity contribution >= 4 is 11.8 Å². The highest BCUT2D eigenvalue weighted by Crippen LogP contribution is 2.17. The van der Waals surface area contributed by atoms with E-state index in [1.165, 1.54) is 18.2 Å². The fourth-order valence-corrected chi connectivity index (χ4v) is 3.49. The number of carbonyl (C=O) groups is 2. The Hall–Kier alpha value is -2.80. The molecule has 0 spiro atoms. The number of piperidine rings is 1. The van der Waals surface area contributed by atoms with Gasteiger partial charge >= 0.3 is 0 Å². The smallest absolute Gasteiger partial charge is 0.234 e. The van der Waals surface area contributed by atoms with Crippen molar-refractivity contribution < 1.29 is 18.4 Å². The monoisotopic (exact) mass is 415 g/mol. The van der Waals surface area contributed by atoms with Gasteiger partial charge in [-0.3, -0.25) is 14.5 Å². The number of halogens is 2. The largest absolute Gasteiger partial charge is 0.352 e. The third-order valence-electron chi connectivity index (χ3n) is 5.43. The van der Waals surface area contributed by atoms with E-state index >= 15 is 0 Å². The number of likely N-dealkylation sites (tertiary alicyclic amines) is 1. The van der Waals surface area contributed by atoms with Crippen LogP contribution in [0, 0.1) is 24.5 Å². The normalized spacial score (nSPS) is 15.0. The zero-order valence-electron chi connectivity index (χ0n) is 17.1. The van der Waals surface area contributed by atoms with Crippen LogP contribution in [0.3, 0.4) is 0 Å². The molecular formula is C23H27F2N3O2. The molecule has 2 aromatic carbocycles. The minimum atomic E-state index is -0.303. The molecule has 0 saturated carbocycles. The quantitative estimate of drug-likeness (QED) is 0.731. The molecule has 0 radical (unpaired) electrons. The van der Waals surface area contributed by atoms with Crippen LogP contribution in [-0.2, 0) is 22.7 Å². The second-order valence-electron chi connectivity index (χ2n) is 7.75. The Morgan fingerprint density at radius 1 is 0.967 bits per heavy atom. The molecule has 1 aliphatic heterocycles. The molecule has 1 aliphatic rings. The van der Waals surface area contributed by atoms with Gasteiger partial charge in [-0.15, -0.1) is 0 Å². The van der Waals surface area contributed by atoms with Crippen LogP contribution in [0.25, 0.3) is 0 Å². The lowest BCUT2D eigenvalue weighted by atomic mass is 9.95. The molecular weight excluding hydrogens is 388 g/mol. The van der Waals surface area contributed by atoms with Gasteiger partial charge in [0.25, 0.3) is 0 Å². The van der Waals surface area contributed by atoms with Crippen molar-refractivity contribution in [2.24, 2.45) is 5.92 Å². The maximum Gasteiger partial charge on any atom is 0.234 e. The van der Waals surface area contributed by atoms with Gasteiger partial charge in [0.1, 0.15) is 11.6 Å². The summed E-state index contributed by atoms with van der Waals surface area (Å²) < 4.78 is 26.5. The van der Waals surface area contributed by atoms with Gasteiger partial charge in [0.2, 0.25) is 11.8 Å². The van der Waals surface area contributed by atoms with Crippen molar-refractivity contribution in [1.29, 1.82) is 0 Å². The number of carbonyl (C=O) groups excluding carboxylic acids is 2. The molecule has 0 aromatic heterocycles.